The summed E-state index contributed by atoms with van der Waals surface area (Å²) in [6.07, 6.45) is -11.7. The molecular weight excluding hydrogens is 321 g/mol. The second-order valence-corrected chi connectivity index (χ2v) is 4.50. The van der Waals surface area contributed by atoms with Gasteiger partial charge in [0.05, 0.1) is 6.04 Å². The third-order valence-electron chi connectivity index (χ3n) is 2.75. The highest BCUT2D eigenvalue weighted by atomic mass is 19.4. The third-order valence-corrected chi connectivity index (χ3v) is 2.75. The quantitative estimate of drug-likeness (QED) is 0.644. The van der Waals surface area contributed by atoms with Crippen LogP contribution in [0.25, 0.3) is 0 Å². The predicted octanol–water partition coefficient (Wildman–Crippen LogP) is 2.18. The minimum Gasteiger partial charge on any atom is -0.341 e. The minimum absolute atomic E-state index is 0.312. The van der Waals surface area contributed by atoms with Crippen LogP contribution in [0.4, 0.5) is 30.7 Å². The summed E-state index contributed by atoms with van der Waals surface area (Å²) in [5.41, 5.74) is 0.312. The van der Waals surface area contributed by atoms with Crippen LogP contribution in [0.15, 0.2) is 30.3 Å². The number of benzene rings is 1. The zero-order valence-electron chi connectivity index (χ0n) is 11.1. The van der Waals surface area contributed by atoms with Crippen molar-refractivity contribution in [3.05, 3.63) is 35.9 Å². The normalized spacial score (nSPS) is 16.7. The molecular formula is C12H12F7N2O+. The van der Waals surface area contributed by atoms with E-state index in [1.54, 1.807) is 11.4 Å². The average Bonchev–Trinajstić information content (AvgIpc) is 2.36. The van der Waals surface area contributed by atoms with Crippen molar-refractivity contribution in [2.45, 2.75) is 31.2 Å². The van der Waals surface area contributed by atoms with E-state index in [9.17, 15) is 35.5 Å². The molecule has 22 heavy (non-hydrogen) atoms. The number of halogens is 7. The van der Waals surface area contributed by atoms with Crippen molar-refractivity contribution >= 4 is 5.91 Å². The second-order valence-electron chi connectivity index (χ2n) is 4.50. The lowest BCUT2D eigenvalue weighted by atomic mass is 10.1. The second kappa shape index (κ2) is 6.11. The van der Waals surface area contributed by atoms with E-state index in [-0.39, 0.29) is 0 Å². The van der Waals surface area contributed by atoms with Crippen molar-refractivity contribution in [1.29, 1.82) is 0 Å². The molecule has 10 heteroatoms. The molecule has 0 spiro atoms. The van der Waals surface area contributed by atoms with Gasteiger partial charge in [-0.05, 0) is 12.5 Å². The number of quaternary nitrogens is 1. The molecule has 0 saturated heterocycles. The number of hydrogen-bond donors (Lipinski definition) is 2. The molecule has 0 aliphatic rings. The molecule has 3 N–H and O–H groups in total. The van der Waals surface area contributed by atoms with E-state index >= 15 is 0 Å². The molecule has 0 fully saturated rings. The molecule has 1 amide bonds. The molecule has 1 aromatic rings. The highest BCUT2D eigenvalue weighted by Crippen LogP contribution is 2.30. The maximum Gasteiger partial charge on any atom is 0.561 e. The fourth-order valence-corrected chi connectivity index (χ4v) is 1.63. The molecule has 3 nitrogen and oxygen atoms in total. The molecule has 0 aliphatic heterocycles. The van der Waals surface area contributed by atoms with E-state index in [4.69, 9.17) is 0 Å². The summed E-state index contributed by atoms with van der Waals surface area (Å²) < 4.78 is 87.8. The van der Waals surface area contributed by atoms with Crippen LogP contribution in [0.1, 0.15) is 18.5 Å². The number of nitrogens with two attached hydrogens (primary N) is 1. The Balaban J connectivity index is 2.99. The van der Waals surface area contributed by atoms with Crippen LogP contribution in [0.5, 0.6) is 0 Å². The van der Waals surface area contributed by atoms with Crippen LogP contribution in [-0.2, 0) is 4.79 Å². The van der Waals surface area contributed by atoms with Crippen LogP contribution >= 0.6 is 0 Å². The molecule has 0 bridgehead atoms. The van der Waals surface area contributed by atoms with Crippen LogP contribution in [0, 0.1) is 0 Å². The van der Waals surface area contributed by atoms with Crippen molar-refractivity contribution < 1.29 is 40.8 Å². The Labute approximate surface area is 120 Å². The molecule has 2 atom stereocenters. The van der Waals surface area contributed by atoms with Gasteiger partial charge >= 0.3 is 24.2 Å². The van der Waals surface area contributed by atoms with Crippen molar-refractivity contribution in [2.24, 2.45) is 0 Å². The van der Waals surface area contributed by atoms with Crippen molar-refractivity contribution in [3.8, 4) is 0 Å². The summed E-state index contributed by atoms with van der Waals surface area (Å²) >= 11 is 0. The molecule has 0 radical (unpaired) electrons. The largest absolute Gasteiger partial charge is 0.561 e. The van der Waals surface area contributed by atoms with Crippen molar-refractivity contribution in [1.82, 2.24) is 5.32 Å². The summed E-state index contributed by atoms with van der Waals surface area (Å²) in [7, 11) is 0. The van der Waals surface area contributed by atoms with E-state index in [0.717, 1.165) is 0 Å². The van der Waals surface area contributed by atoms with Crippen LogP contribution in [0.3, 0.4) is 0 Å². The molecule has 0 aromatic heterocycles. The van der Waals surface area contributed by atoms with Gasteiger partial charge in [-0.1, -0.05) is 30.3 Å². The summed E-state index contributed by atoms with van der Waals surface area (Å²) in [5, 5.41) is -0.00340. The lowest BCUT2D eigenvalue weighted by Crippen LogP contribution is -3.07. The van der Waals surface area contributed by atoms with E-state index in [0.29, 0.717) is 5.56 Å². The fourth-order valence-electron chi connectivity index (χ4n) is 1.63. The fraction of sp³-hybridized carbons (Fsp3) is 0.417. The predicted molar refractivity (Wildman–Crippen MR) is 60.9 cm³/mol. The van der Waals surface area contributed by atoms with Crippen LogP contribution in [0.2, 0.25) is 0 Å². The van der Waals surface area contributed by atoms with Gasteiger partial charge in [0.1, 0.15) is 0 Å². The minimum atomic E-state index is -6.04. The Kier molecular flexibility index (Phi) is 5.06. The summed E-state index contributed by atoms with van der Waals surface area (Å²) in [4.78, 5) is 11.4. The highest BCUT2D eigenvalue weighted by Gasteiger charge is 2.70. The van der Waals surface area contributed by atoms with Crippen molar-refractivity contribution in [2.75, 3.05) is 0 Å². The number of rotatable bonds is 4. The van der Waals surface area contributed by atoms with Gasteiger partial charge in [0.15, 0.2) is 0 Å². The number of nitrogens with one attached hydrogen (secondary N) is 1. The first-order chi connectivity index (χ1) is 9.87. The lowest BCUT2D eigenvalue weighted by Gasteiger charge is -2.26. The Morgan fingerprint density at radius 2 is 1.55 bits per heavy atom. The smallest absolute Gasteiger partial charge is 0.341 e. The molecule has 0 aliphatic carbocycles. The van der Waals surface area contributed by atoms with Crippen LogP contribution in [-0.4, -0.2) is 24.2 Å². The van der Waals surface area contributed by atoms with Gasteiger partial charge in [-0.25, -0.2) is 5.32 Å². The summed E-state index contributed by atoms with van der Waals surface area (Å²) in [5.74, 6) is -7.58. The zero-order chi connectivity index (χ0) is 17.2. The number of alkyl halides is 7. The SMILES string of the molecule is C[C@@H](NC(=O)[C@](F)([NH2+]C(F)(F)F)C(F)(F)F)c1ccccc1. The molecule has 1 rings (SSSR count). The Morgan fingerprint density at radius 3 is 1.95 bits per heavy atom. The summed E-state index contributed by atoms with van der Waals surface area (Å²) in [6.45, 7) is 1.22. The molecule has 0 heterocycles. The van der Waals surface area contributed by atoms with E-state index in [1.807, 2.05) is 0 Å². The molecule has 124 valence electrons. The van der Waals surface area contributed by atoms with E-state index in [1.165, 1.54) is 31.2 Å². The molecule has 0 unspecified atom stereocenters. The first-order valence-corrected chi connectivity index (χ1v) is 5.92. The topological polar surface area (TPSA) is 45.7 Å². The highest BCUT2D eigenvalue weighted by molar-refractivity contribution is 5.84. The first-order valence-electron chi connectivity index (χ1n) is 5.92. The monoisotopic (exact) mass is 333 g/mol. The molecule has 1 aromatic carbocycles. The Bertz CT molecular complexity index is 514. The van der Waals surface area contributed by atoms with Crippen LogP contribution < -0.4 is 10.6 Å². The number of carbonyl (C=O) groups excluding carboxylic acids is 1. The first kappa shape index (κ1) is 18.2. The van der Waals surface area contributed by atoms with E-state index < -0.39 is 35.5 Å². The molecule has 0 saturated carbocycles. The number of amides is 1. The Morgan fingerprint density at radius 1 is 1.05 bits per heavy atom. The number of hydrogen-bond acceptors (Lipinski definition) is 1. The average molecular weight is 333 g/mol. The zero-order valence-corrected chi connectivity index (χ0v) is 11.1. The van der Waals surface area contributed by atoms with Gasteiger partial charge in [0, 0.05) is 0 Å². The summed E-state index contributed by atoms with van der Waals surface area (Å²) in [6, 6.07) is 6.34. The van der Waals surface area contributed by atoms with Gasteiger partial charge in [0.25, 0.3) is 0 Å². The Hall–Kier alpha value is -1.84. The van der Waals surface area contributed by atoms with Crippen molar-refractivity contribution in [3.63, 3.8) is 0 Å². The standard InChI is InChI=1S/C12H11F7N2O/c1-7(8-5-3-2-4-6-8)20-9(22)10(13,11(14,15)16)21-12(17,18)19/h2-7,21H,1H3,(H,20,22)/p+1/t7-,10+/m1/s1. The maximum atomic E-state index is 13.8. The van der Waals surface area contributed by atoms with E-state index in [2.05, 4.69) is 0 Å². The maximum absolute atomic E-state index is 13.8. The lowest BCUT2D eigenvalue weighted by molar-refractivity contribution is -0.883. The van der Waals surface area contributed by atoms with Gasteiger partial charge in [0.2, 0.25) is 0 Å². The third kappa shape index (κ3) is 4.33. The van der Waals surface area contributed by atoms with Gasteiger partial charge in [-0.3, -0.25) is 4.79 Å². The van der Waals surface area contributed by atoms with Gasteiger partial charge in [-0.2, -0.15) is 17.6 Å². The van der Waals surface area contributed by atoms with Gasteiger partial charge in [-0.15, -0.1) is 13.2 Å². The number of carbonyl (C=O) groups is 1. The van der Waals surface area contributed by atoms with Gasteiger partial charge < -0.3 is 5.32 Å².